The van der Waals surface area contributed by atoms with Gasteiger partial charge in [0, 0.05) is 0 Å². The van der Waals surface area contributed by atoms with E-state index in [-0.39, 0.29) is 0 Å². The predicted molar refractivity (Wildman–Crippen MR) is 64.7 cm³/mol. The first-order valence-electron chi connectivity index (χ1n) is 6.03. The molecule has 0 aromatic heterocycles. The number of benzene rings is 1. The van der Waals surface area contributed by atoms with Crippen LogP contribution in [0, 0.1) is 6.92 Å². The van der Waals surface area contributed by atoms with E-state index in [1.54, 1.807) is 7.11 Å². The Morgan fingerprint density at radius 3 is 2.50 bits per heavy atom. The lowest BCUT2D eigenvalue weighted by atomic mass is 9.78. The van der Waals surface area contributed by atoms with Crippen molar-refractivity contribution in [1.82, 2.24) is 0 Å². The first-order valence-corrected chi connectivity index (χ1v) is 6.03. The molecule has 1 aromatic rings. The van der Waals surface area contributed by atoms with Gasteiger partial charge >= 0.3 is 0 Å². The maximum atomic E-state index is 10.7. The second-order valence-corrected chi connectivity index (χ2v) is 4.77. The highest BCUT2D eigenvalue weighted by molar-refractivity contribution is 5.38. The Morgan fingerprint density at radius 2 is 1.88 bits per heavy atom. The largest absolute Gasteiger partial charge is 0.497 e. The summed E-state index contributed by atoms with van der Waals surface area (Å²) in [6.45, 7) is 2.06. The molecule has 2 heteroatoms. The van der Waals surface area contributed by atoms with Crippen molar-refractivity contribution in [3.05, 3.63) is 29.3 Å². The topological polar surface area (TPSA) is 29.5 Å². The Bertz CT molecular complexity index is 365. The van der Waals surface area contributed by atoms with Gasteiger partial charge in [0.05, 0.1) is 12.7 Å². The lowest BCUT2D eigenvalue weighted by Crippen LogP contribution is -2.29. The van der Waals surface area contributed by atoms with Crippen molar-refractivity contribution in [1.29, 1.82) is 0 Å². The van der Waals surface area contributed by atoms with Crippen LogP contribution in [0.1, 0.15) is 43.2 Å². The molecule has 1 saturated carbocycles. The second-order valence-electron chi connectivity index (χ2n) is 4.77. The molecule has 1 N–H and O–H groups in total. The fourth-order valence-corrected chi connectivity index (χ4v) is 2.64. The molecule has 88 valence electrons. The third-order valence-corrected chi connectivity index (χ3v) is 3.63. The van der Waals surface area contributed by atoms with Crippen LogP contribution in [0.3, 0.4) is 0 Å². The highest BCUT2D eigenvalue weighted by Crippen LogP contribution is 2.39. The van der Waals surface area contributed by atoms with E-state index in [0.29, 0.717) is 0 Å². The maximum Gasteiger partial charge on any atom is 0.119 e. The van der Waals surface area contributed by atoms with Crippen LogP contribution >= 0.6 is 0 Å². The fourth-order valence-electron chi connectivity index (χ4n) is 2.64. The standard InChI is InChI=1S/C14H20O2/c1-11-6-7-12(16-2)10-13(11)14(15)8-4-3-5-9-14/h6-7,10,15H,3-5,8-9H2,1-2H3. The van der Waals surface area contributed by atoms with Gasteiger partial charge in [-0.3, -0.25) is 0 Å². The zero-order valence-corrected chi connectivity index (χ0v) is 10.1. The molecule has 0 aliphatic heterocycles. The Hall–Kier alpha value is -1.02. The summed E-state index contributed by atoms with van der Waals surface area (Å²) in [4.78, 5) is 0. The summed E-state index contributed by atoms with van der Waals surface area (Å²) in [5.74, 6) is 0.833. The molecular weight excluding hydrogens is 200 g/mol. The second kappa shape index (κ2) is 4.46. The highest BCUT2D eigenvalue weighted by Gasteiger charge is 2.32. The van der Waals surface area contributed by atoms with Crippen molar-refractivity contribution in [3.8, 4) is 5.75 Å². The molecule has 2 nitrogen and oxygen atoms in total. The number of methoxy groups -OCH3 is 1. The van der Waals surface area contributed by atoms with Crippen molar-refractivity contribution >= 4 is 0 Å². The summed E-state index contributed by atoms with van der Waals surface area (Å²) < 4.78 is 5.23. The van der Waals surface area contributed by atoms with Crippen molar-refractivity contribution in [2.75, 3.05) is 7.11 Å². The smallest absolute Gasteiger partial charge is 0.119 e. The van der Waals surface area contributed by atoms with Crippen LogP contribution in [0.15, 0.2) is 18.2 Å². The van der Waals surface area contributed by atoms with Crippen LogP contribution in [-0.2, 0) is 5.60 Å². The molecule has 0 unspecified atom stereocenters. The maximum absolute atomic E-state index is 10.7. The van der Waals surface area contributed by atoms with Crippen molar-refractivity contribution in [2.45, 2.75) is 44.6 Å². The fraction of sp³-hybridized carbons (Fsp3) is 0.571. The van der Waals surface area contributed by atoms with Gasteiger partial charge in [0.25, 0.3) is 0 Å². The Kier molecular flexibility index (Phi) is 3.20. The SMILES string of the molecule is COc1ccc(C)c(C2(O)CCCCC2)c1. The average Bonchev–Trinajstić information content (AvgIpc) is 2.30. The molecule has 0 radical (unpaired) electrons. The van der Waals surface area contributed by atoms with Crippen LogP contribution in [0.5, 0.6) is 5.75 Å². The molecule has 16 heavy (non-hydrogen) atoms. The van der Waals surface area contributed by atoms with Gasteiger partial charge in [-0.05, 0) is 43.0 Å². The van der Waals surface area contributed by atoms with Gasteiger partial charge < -0.3 is 9.84 Å². The normalized spacial score (nSPS) is 19.4. The van der Waals surface area contributed by atoms with Gasteiger partial charge in [-0.2, -0.15) is 0 Å². The number of rotatable bonds is 2. The summed E-state index contributed by atoms with van der Waals surface area (Å²) in [6.07, 6.45) is 5.23. The van der Waals surface area contributed by atoms with Gasteiger partial charge in [0.2, 0.25) is 0 Å². The molecule has 2 rings (SSSR count). The predicted octanol–water partition coefficient (Wildman–Crippen LogP) is 3.16. The number of hydrogen-bond acceptors (Lipinski definition) is 2. The summed E-state index contributed by atoms with van der Waals surface area (Å²) in [5, 5.41) is 10.7. The molecule has 1 aromatic carbocycles. The van der Waals surface area contributed by atoms with Crippen LogP contribution in [0.4, 0.5) is 0 Å². The van der Waals surface area contributed by atoms with Gasteiger partial charge in [0.15, 0.2) is 0 Å². The van der Waals surface area contributed by atoms with E-state index in [0.717, 1.165) is 42.6 Å². The van der Waals surface area contributed by atoms with E-state index >= 15 is 0 Å². The number of aryl methyl sites for hydroxylation is 1. The van der Waals surface area contributed by atoms with E-state index in [4.69, 9.17) is 4.74 Å². The molecule has 0 atom stereocenters. The lowest BCUT2D eigenvalue weighted by Gasteiger charge is -2.33. The molecule has 0 amide bonds. The Balaban J connectivity index is 2.37. The van der Waals surface area contributed by atoms with Crippen molar-refractivity contribution in [3.63, 3.8) is 0 Å². The van der Waals surface area contributed by atoms with E-state index in [1.807, 2.05) is 18.2 Å². The minimum atomic E-state index is -0.628. The summed E-state index contributed by atoms with van der Waals surface area (Å²) in [6, 6.07) is 5.96. The third kappa shape index (κ3) is 2.07. The van der Waals surface area contributed by atoms with Gasteiger partial charge in [-0.15, -0.1) is 0 Å². The third-order valence-electron chi connectivity index (χ3n) is 3.63. The van der Waals surface area contributed by atoms with Crippen LogP contribution in [0.2, 0.25) is 0 Å². The lowest BCUT2D eigenvalue weighted by molar-refractivity contribution is -0.00134. The van der Waals surface area contributed by atoms with E-state index in [2.05, 4.69) is 6.92 Å². The Morgan fingerprint density at radius 1 is 1.19 bits per heavy atom. The summed E-state index contributed by atoms with van der Waals surface area (Å²) in [7, 11) is 1.67. The molecule has 1 aliphatic carbocycles. The highest BCUT2D eigenvalue weighted by atomic mass is 16.5. The number of ether oxygens (including phenoxy) is 1. The zero-order valence-electron chi connectivity index (χ0n) is 10.1. The van der Waals surface area contributed by atoms with Crippen molar-refractivity contribution in [2.24, 2.45) is 0 Å². The van der Waals surface area contributed by atoms with Gasteiger partial charge in [-0.25, -0.2) is 0 Å². The molecule has 1 aliphatic rings. The van der Waals surface area contributed by atoms with E-state index in [1.165, 1.54) is 6.42 Å². The first kappa shape index (κ1) is 11.5. The molecule has 0 bridgehead atoms. The van der Waals surface area contributed by atoms with Crippen LogP contribution in [0.25, 0.3) is 0 Å². The molecule has 0 saturated heterocycles. The minimum Gasteiger partial charge on any atom is -0.497 e. The minimum absolute atomic E-state index is 0.628. The average molecular weight is 220 g/mol. The number of aliphatic hydroxyl groups is 1. The summed E-state index contributed by atoms with van der Waals surface area (Å²) >= 11 is 0. The van der Waals surface area contributed by atoms with Crippen molar-refractivity contribution < 1.29 is 9.84 Å². The van der Waals surface area contributed by atoms with Gasteiger partial charge in [0.1, 0.15) is 5.75 Å². The van der Waals surface area contributed by atoms with Crippen LogP contribution in [-0.4, -0.2) is 12.2 Å². The van der Waals surface area contributed by atoms with E-state index < -0.39 is 5.60 Å². The number of hydrogen-bond donors (Lipinski definition) is 1. The van der Waals surface area contributed by atoms with E-state index in [9.17, 15) is 5.11 Å². The monoisotopic (exact) mass is 220 g/mol. The molecule has 1 fully saturated rings. The molecule has 0 heterocycles. The quantitative estimate of drug-likeness (QED) is 0.829. The first-order chi connectivity index (χ1) is 7.65. The Labute approximate surface area is 97.3 Å². The molecular formula is C14H20O2. The zero-order chi connectivity index (χ0) is 11.6. The summed E-state index contributed by atoms with van der Waals surface area (Å²) in [5.41, 5.74) is 1.58. The molecule has 0 spiro atoms. The van der Waals surface area contributed by atoms with Crippen LogP contribution < -0.4 is 4.74 Å². The van der Waals surface area contributed by atoms with Gasteiger partial charge in [-0.1, -0.05) is 25.3 Å².